The van der Waals surface area contributed by atoms with E-state index in [1.54, 1.807) is 12.3 Å². The first-order valence-corrected chi connectivity index (χ1v) is 4.62. The number of hydrogen-bond acceptors (Lipinski definition) is 1. The molecule has 0 amide bonds. The molecule has 0 aliphatic carbocycles. The number of pyridine rings is 1. The minimum Gasteiger partial charge on any atom is -0.261 e. The van der Waals surface area contributed by atoms with Crippen LogP contribution in [0.5, 0.6) is 0 Å². The third-order valence-electron chi connectivity index (χ3n) is 2.72. The molecular weight excluding hydrogens is 177 g/mol. The Labute approximate surface area is 82.6 Å². The predicted molar refractivity (Wildman–Crippen MR) is 55.9 cm³/mol. The molecule has 0 aliphatic rings. The molecule has 2 rings (SSSR count). The van der Waals surface area contributed by atoms with Crippen molar-refractivity contribution in [2.24, 2.45) is 0 Å². The second-order valence-corrected chi connectivity index (χ2v) is 3.62. The van der Waals surface area contributed by atoms with Crippen molar-refractivity contribution in [3.63, 3.8) is 0 Å². The molecule has 0 unspecified atom stereocenters. The van der Waals surface area contributed by atoms with Crippen LogP contribution in [0.1, 0.15) is 16.8 Å². The van der Waals surface area contributed by atoms with Gasteiger partial charge in [-0.2, -0.15) is 0 Å². The molecule has 0 N–H and O–H groups in total. The van der Waals surface area contributed by atoms with Crippen molar-refractivity contribution in [1.29, 1.82) is 0 Å². The third-order valence-corrected chi connectivity index (χ3v) is 2.72. The van der Waals surface area contributed by atoms with E-state index < -0.39 is 0 Å². The van der Waals surface area contributed by atoms with Gasteiger partial charge in [0.15, 0.2) is 0 Å². The van der Waals surface area contributed by atoms with Crippen LogP contribution in [0.25, 0.3) is 10.8 Å². The quantitative estimate of drug-likeness (QED) is 0.619. The second-order valence-electron chi connectivity index (χ2n) is 3.62. The van der Waals surface area contributed by atoms with Crippen LogP contribution < -0.4 is 0 Å². The van der Waals surface area contributed by atoms with E-state index in [2.05, 4.69) is 4.98 Å². The number of nitrogens with zero attached hydrogens (tertiary/aromatic N) is 1. The molecule has 0 aliphatic heterocycles. The average molecular weight is 189 g/mol. The Balaban J connectivity index is 3.02. The lowest BCUT2D eigenvalue weighted by Gasteiger charge is -2.08. The fraction of sp³-hybridized carbons (Fsp3) is 0.250. The number of aryl methyl sites for hydroxylation is 3. The maximum Gasteiger partial charge on any atom is 0.133 e. The summed E-state index contributed by atoms with van der Waals surface area (Å²) in [7, 11) is 0. The number of fused-ring (bicyclic) bond motifs is 1. The van der Waals surface area contributed by atoms with Gasteiger partial charge in [-0.25, -0.2) is 4.39 Å². The van der Waals surface area contributed by atoms with Gasteiger partial charge >= 0.3 is 0 Å². The number of aromatic nitrogens is 1. The van der Waals surface area contributed by atoms with Crippen LogP contribution in [0.15, 0.2) is 18.3 Å². The fourth-order valence-electron chi connectivity index (χ4n) is 1.76. The molecule has 0 bridgehead atoms. The molecule has 0 atom stereocenters. The first-order chi connectivity index (χ1) is 6.61. The first kappa shape index (κ1) is 9.13. The summed E-state index contributed by atoms with van der Waals surface area (Å²) in [5.74, 6) is -0.172. The summed E-state index contributed by atoms with van der Waals surface area (Å²) >= 11 is 0. The van der Waals surface area contributed by atoms with Crippen LogP contribution in [0.3, 0.4) is 0 Å². The predicted octanol–water partition coefficient (Wildman–Crippen LogP) is 3.30. The minimum absolute atomic E-state index is 0.172. The van der Waals surface area contributed by atoms with Crippen LogP contribution in [-0.2, 0) is 0 Å². The molecule has 14 heavy (non-hydrogen) atoms. The summed E-state index contributed by atoms with van der Waals surface area (Å²) in [5, 5.41) is 1.62. The highest BCUT2D eigenvalue weighted by molar-refractivity contribution is 5.88. The zero-order chi connectivity index (χ0) is 10.3. The molecule has 2 aromatic rings. The van der Waals surface area contributed by atoms with Crippen molar-refractivity contribution in [2.45, 2.75) is 20.8 Å². The van der Waals surface area contributed by atoms with Gasteiger partial charge in [-0.05, 0) is 49.4 Å². The zero-order valence-electron chi connectivity index (χ0n) is 8.56. The van der Waals surface area contributed by atoms with Gasteiger partial charge in [-0.15, -0.1) is 0 Å². The molecule has 1 heterocycles. The normalized spacial score (nSPS) is 10.9. The van der Waals surface area contributed by atoms with E-state index in [1.807, 2.05) is 26.8 Å². The number of benzene rings is 1. The molecule has 0 spiro atoms. The van der Waals surface area contributed by atoms with Gasteiger partial charge in [-0.3, -0.25) is 4.98 Å². The van der Waals surface area contributed by atoms with Gasteiger partial charge in [0.1, 0.15) is 5.82 Å². The molecule has 0 radical (unpaired) electrons. The van der Waals surface area contributed by atoms with E-state index in [4.69, 9.17) is 0 Å². The molecule has 0 saturated heterocycles. The Kier molecular flexibility index (Phi) is 1.99. The van der Waals surface area contributed by atoms with E-state index in [9.17, 15) is 4.39 Å². The van der Waals surface area contributed by atoms with E-state index in [0.29, 0.717) is 5.39 Å². The number of halogens is 1. The maximum atomic E-state index is 13.6. The maximum absolute atomic E-state index is 13.6. The van der Waals surface area contributed by atoms with E-state index in [1.165, 1.54) is 0 Å². The smallest absolute Gasteiger partial charge is 0.133 e. The third kappa shape index (κ3) is 1.18. The summed E-state index contributed by atoms with van der Waals surface area (Å²) in [6.07, 6.45) is 1.73. The second kappa shape index (κ2) is 3.05. The highest BCUT2D eigenvalue weighted by atomic mass is 19.1. The highest BCUT2D eigenvalue weighted by Crippen LogP contribution is 2.25. The Morgan fingerprint density at radius 1 is 1.21 bits per heavy atom. The Hall–Kier alpha value is -1.44. The summed E-state index contributed by atoms with van der Waals surface area (Å²) in [6.45, 7) is 5.77. The molecule has 72 valence electrons. The SMILES string of the molecule is Cc1cc(F)c2c(C)nccc2c1C. The highest BCUT2D eigenvalue weighted by Gasteiger charge is 2.08. The van der Waals surface area contributed by atoms with Gasteiger partial charge in [0, 0.05) is 17.3 Å². The Morgan fingerprint density at radius 3 is 2.64 bits per heavy atom. The monoisotopic (exact) mass is 189 g/mol. The van der Waals surface area contributed by atoms with Crippen molar-refractivity contribution in [3.8, 4) is 0 Å². The lowest BCUT2D eigenvalue weighted by Crippen LogP contribution is -1.92. The van der Waals surface area contributed by atoms with E-state index >= 15 is 0 Å². The average Bonchev–Trinajstić information content (AvgIpc) is 2.14. The molecule has 1 aromatic heterocycles. The molecule has 0 saturated carbocycles. The van der Waals surface area contributed by atoms with Crippen LogP contribution >= 0.6 is 0 Å². The van der Waals surface area contributed by atoms with Crippen molar-refractivity contribution in [1.82, 2.24) is 4.98 Å². The van der Waals surface area contributed by atoms with Gasteiger partial charge in [0.2, 0.25) is 0 Å². The Bertz CT molecular complexity index is 503. The molecular formula is C12H12FN. The zero-order valence-corrected chi connectivity index (χ0v) is 8.56. The Morgan fingerprint density at radius 2 is 1.93 bits per heavy atom. The van der Waals surface area contributed by atoms with Gasteiger partial charge < -0.3 is 0 Å². The summed E-state index contributed by atoms with van der Waals surface area (Å²) < 4.78 is 13.6. The summed E-state index contributed by atoms with van der Waals surface area (Å²) in [4.78, 5) is 4.10. The topological polar surface area (TPSA) is 12.9 Å². The van der Waals surface area contributed by atoms with Crippen LogP contribution in [-0.4, -0.2) is 4.98 Å². The largest absolute Gasteiger partial charge is 0.261 e. The fourth-order valence-corrected chi connectivity index (χ4v) is 1.76. The van der Waals surface area contributed by atoms with Gasteiger partial charge in [0.25, 0.3) is 0 Å². The molecule has 0 fully saturated rings. The van der Waals surface area contributed by atoms with Crippen LogP contribution in [0, 0.1) is 26.6 Å². The van der Waals surface area contributed by atoms with Crippen molar-refractivity contribution in [2.75, 3.05) is 0 Å². The van der Waals surface area contributed by atoms with E-state index in [0.717, 1.165) is 22.2 Å². The molecule has 2 heteroatoms. The lowest BCUT2D eigenvalue weighted by atomic mass is 10.0. The summed E-state index contributed by atoms with van der Waals surface area (Å²) in [6, 6.07) is 3.44. The van der Waals surface area contributed by atoms with Crippen LogP contribution in [0.4, 0.5) is 4.39 Å². The molecule has 1 aromatic carbocycles. The van der Waals surface area contributed by atoms with Gasteiger partial charge in [-0.1, -0.05) is 0 Å². The van der Waals surface area contributed by atoms with Crippen molar-refractivity contribution in [3.05, 3.63) is 41.0 Å². The number of hydrogen-bond donors (Lipinski definition) is 0. The van der Waals surface area contributed by atoms with Crippen LogP contribution in [0.2, 0.25) is 0 Å². The lowest BCUT2D eigenvalue weighted by molar-refractivity contribution is 0.637. The standard InChI is InChI=1S/C12H12FN/c1-7-6-11(13)12-9(3)14-5-4-10(12)8(7)2/h4-6H,1-3H3. The van der Waals surface area contributed by atoms with E-state index in [-0.39, 0.29) is 5.82 Å². The van der Waals surface area contributed by atoms with Crippen molar-refractivity contribution < 1.29 is 4.39 Å². The van der Waals surface area contributed by atoms with Crippen molar-refractivity contribution >= 4 is 10.8 Å². The first-order valence-electron chi connectivity index (χ1n) is 4.62. The number of rotatable bonds is 0. The minimum atomic E-state index is -0.172. The summed E-state index contributed by atoms with van der Waals surface area (Å²) in [5.41, 5.74) is 2.87. The molecule has 1 nitrogen and oxygen atoms in total. The van der Waals surface area contributed by atoms with Gasteiger partial charge in [0.05, 0.1) is 0 Å².